The zero-order valence-electron chi connectivity index (χ0n) is 10.7. The van der Waals surface area contributed by atoms with Crippen molar-refractivity contribution in [2.75, 3.05) is 13.6 Å². The summed E-state index contributed by atoms with van der Waals surface area (Å²) in [6.07, 6.45) is 3.47. The van der Waals surface area contributed by atoms with Gasteiger partial charge in [-0.25, -0.2) is 8.42 Å². The summed E-state index contributed by atoms with van der Waals surface area (Å²) in [7, 11) is 3.14. The van der Waals surface area contributed by atoms with Gasteiger partial charge in [-0.05, 0) is 30.9 Å². The van der Waals surface area contributed by atoms with Crippen molar-refractivity contribution in [2.24, 2.45) is 5.92 Å². The Bertz CT molecular complexity index is 581. The number of benzene rings is 1. The van der Waals surface area contributed by atoms with E-state index in [4.69, 9.17) is 10.7 Å². The molecule has 4 nitrogen and oxygen atoms in total. The van der Waals surface area contributed by atoms with Crippen LogP contribution in [0.25, 0.3) is 0 Å². The van der Waals surface area contributed by atoms with Crippen LogP contribution in [0.5, 0.6) is 0 Å². The lowest BCUT2D eigenvalue weighted by atomic mass is 9.85. The molecule has 1 fully saturated rings. The predicted molar refractivity (Wildman–Crippen MR) is 73.8 cm³/mol. The molecule has 0 radical (unpaired) electrons. The van der Waals surface area contributed by atoms with Crippen molar-refractivity contribution in [3.8, 4) is 0 Å². The van der Waals surface area contributed by atoms with Crippen molar-refractivity contribution >= 4 is 25.6 Å². The zero-order valence-corrected chi connectivity index (χ0v) is 12.2. The lowest BCUT2D eigenvalue weighted by Gasteiger charge is -2.30. The molecule has 1 aliphatic rings. The van der Waals surface area contributed by atoms with Crippen molar-refractivity contribution in [1.82, 2.24) is 4.90 Å². The summed E-state index contributed by atoms with van der Waals surface area (Å²) in [6.45, 7) is 0.662. The van der Waals surface area contributed by atoms with Gasteiger partial charge >= 0.3 is 0 Å². The van der Waals surface area contributed by atoms with Crippen molar-refractivity contribution in [2.45, 2.75) is 24.2 Å². The molecule has 2 rings (SSSR count). The Morgan fingerprint density at radius 1 is 1.37 bits per heavy atom. The molecule has 1 aromatic rings. The number of hydrogen-bond donors (Lipinski definition) is 0. The molecule has 0 unspecified atom stereocenters. The molecule has 104 valence electrons. The van der Waals surface area contributed by atoms with Gasteiger partial charge < -0.3 is 4.90 Å². The molecule has 0 heterocycles. The van der Waals surface area contributed by atoms with Gasteiger partial charge in [-0.3, -0.25) is 4.79 Å². The lowest BCUT2D eigenvalue weighted by molar-refractivity contribution is 0.0741. The fourth-order valence-corrected chi connectivity index (χ4v) is 3.27. The summed E-state index contributed by atoms with van der Waals surface area (Å²) in [4.78, 5) is 13.7. The number of hydrogen-bond acceptors (Lipinski definition) is 3. The Hall–Kier alpha value is -1.07. The molecule has 0 aromatic heterocycles. The Labute approximate surface area is 117 Å². The number of amides is 1. The summed E-state index contributed by atoms with van der Waals surface area (Å²) in [6, 6.07) is 6.04. The highest BCUT2D eigenvalue weighted by molar-refractivity contribution is 8.13. The van der Waals surface area contributed by atoms with E-state index in [9.17, 15) is 13.2 Å². The van der Waals surface area contributed by atoms with Gasteiger partial charge in [-0.1, -0.05) is 18.6 Å². The van der Waals surface area contributed by atoms with Crippen LogP contribution in [0, 0.1) is 5.92 Å². The van der Waals surface area contributed by atoms with Gasteiger partial charge in [0.2, 0.25) is 0 Å². The fourth-order valence-electron chi connectivity index (χ4n) is 2.21. The molecule has 1 aromatic carbocycles. The van der Waals surface area contributed by atoms with E-state index in [2.05, 4.69) is 0 Å². The fraction of sp³-hybridized carbons (Fsp3) is 0.462. The van der Waals surface area contributed by atoms with Crippen LogP contribution in [0.3, 0.4) is 0 Å². The van der Waals surface area contributed by atoms with Crippen molar-refractivity contribution < 1.29 is 13.2 Å². The molecule has 0 spiro atoms. The number of halogens is 1. The quantitative estimate of drug-likeness (QED) is 0.803. The average Bonchev–Trinajstić information content (AvgIpc) is 2.31. The Morgan fingerprint density at radius 2 is 2.00 bits per heavy atom. The summed E-state index contributed by atoms with van der Waals surface area (Å²) >= 11 is 0. The van der Waals surface area contributed by atoms with E-state index < -0.39 is 9.05 Å². The third-order valence-corrected chi connectivity index (χ3v) is 4.86. The van der Waals surface area contributed by atoms with Crippen LogP contribution in [-0.2, 0) is 9.05 Å². The Kier molecular flexibility index (Phi) is 4.16. The van der Waals surface area contributed by atoms with Gasteiger partial charge in [0, 0.05) is 24.3 Å². The molecule has 0 saturated heterocycles. The highest BCUT2D eigenvalue weighted by Gasteiger charge is 2.25. The van der Waals surface area contributed by atoms with Crippen LogP contribution in [-0.4, -0.2) is 32.8 Å². The second kappa shape index (κ2) is 5.51. The van der Waals surface area contributed by atoms with Crippen LogP contribution in [0.15, 0.2) is 29.2 Å². The first kappa shape index (κ1) is 14.3. The van der Waals surface area contributed by atoms with E-state index in [1.807, 2.05) is 0 Å². The molecule has 6 heteroatoms. The second-order valence-corrected chi connectivity index (χ2v) is 7.45. The first-order valence-electron chi connectivity index (χ1n) is 6.19. The molecule has 0 N–H and O–H groups in total. The molecular weight excluding hydrogens is 286 g/mol. The van der Waals surface area contributed by atoms with Gasteiger partial charge in [0.1, 0.15) is 0 Å². The average molecular weight is 302 g/mol. The summed E-state index contributed by atoms with van der Waals surface area (Å²) in [5.74, 6) is 0.237. The first-order chi connectivity index (χ1) is 8.89. The van der Waals surface area contributed by atoms with Crippen molar-refractivity contribution in [3.63, 3.8) is 0 Å². The van der Waals surface area contributed by atoms with Gasteiger partial charge in [-0.15, -0.1) is 0 Å². The molecule has 0 atom stereocenters. The van der Waals surface area contributed by atoms with E-state index in [0.717, 1.165) is 12.8 Å². The number of rotatable bonds is 4. The van der Waals surface area contributed by atoms with Crippen LogP contribution < -0.4 is 0 Å². The van der Waals surface area contributed by atoms with Crippen LogP contribution in [0.4, 0.5) is 0 Å². The number of carbonyl (C=O) groups excluding carboxylic acids is 1. The maximum Gasteiger partial charge on any atom is 0.262 e. The van der Waals surface area contributed by atoms with Gasteiger partial charge in [0.15, 0.2) is 0 Å². The minimum absolute atomic E-state index is 0.123. The molecule has 1 aliphatic carbocycles. The van der Waals surface area contributed by atoms with E-state index in [-0.39, 0.29) is 16.4 Å². The largest absolute Gasteiger partial charge is 0.341 e. The highest BCUT2D eigenvalue weighted by Crippen LogP contribution is 2.28. The maximum absolute atomic E-state index is 12.3. The van der Waals surface area contributed by atoms with Gasteiger partial charge in [-0.2, -0.15) is 0 Å². The van der Waals surface area contributed by atoms with E-state index in [1.165, 1.54) is 18.6 Å². The third kappa shape index (κ3) is 3.28. The predicted octanol–water partition coefficient (Wildman–Crippen LogP) is 2.49. The summed E-state index contributed by atoms with van der Waals surface area (Å²) in [5.41, 5.74) is 0.138. The van der Waals surface area contributed by atoms with E-state index in [0.29, 0.717) is 12.5 Å². The Morgan fingerprint density at radius 3 is 2.53 bits per heavy atom. The minimum atomic E-state index is -3.91. The first-order valence-corrected chi connectivity index (χ1v) is 8.49. The van der Waals surface area contributed by atoms with Crippen molar-refractivity contribution in [1.29, 1.82) is 0 Å². The second-order valence-electron chi connectivity index (χ2n) is 4.92. The van der Waals surface area contributed by atoms with Crippen LogP contribution >= 0.6 is 10.7 Å². The molecule has 0 aliphatic heterocycles. The van der Waals surface area contributed by atoms with Gasteiger partial charge in [0.05, 0.1) is 10.5 Å². The topological polar surface area (TPSA) is 54.5 Å². The zero-order chi connectivity index (χ0) is 14.0. The molecular formula is C13H16ClNO3S. The van der Waals surface area contributed by atoms with Crippen LogP contribution in [0.2, 0.25) is 0 Å². The summed E-state index contributed by atoms with van der Waals surface area (Å²) in [5, 5.41) is 0. The smallest absolute Gasteiger partial charge is 0.262 e. The minimum Gasteiger partial charge on any atom is -0.341 e. The summed E-state index contributed by atoms with van der Waals surface area (Å²) < 4.78 is 22.9. The third-order valence-electron chi connectivity index (χ3n) is 3.48. The standard InChI is InChI=1S/C13H16ClNO3S/c1-15(9-10-5-4-6-10)13(16)11-7-2-3-8-12(11)19(14,17)18/h2-3,7-8,10H,4-6,9H2,1H3. The van der Waals surface area contributed by atoms with Gasteiger partial charge in [0.25, 0.3) is 15.0 Å². The number of nitrogens with zero attached hydrogens (tertiary/aromatic N) is 1. The van der Waals surface area contributed by atoms with Crippen LogP contribution in [0.1, 0.15) is 29.6 Å². The molecule has 1 saturated carbocycles. The highest BCUT2D eigenvalue weighted by atomic mass is 35.7. The van der Waals surface area contributed by atoms with E-state index >= 15 is 0 Å². The molecule has 1 amide bonds. The monoisotopic (exact) mass is 301 g/mol. The van der Waals surface area contributed by atoms with E-state index in [1.54, 1.807) is 24.1 Å². The maximum atomic E-state index is 12.3. The lowest BCUT2D eigenvalue weighted by Crippen LogP contribution is -2.34. The SMILES string of the molecule is CN(CC1CCC1)C(=O)c1ccccc1S(=O)(=O)Cl. The normalized spacial score (nSPS) is 15.9. The molecule has 0 bridgehead atoms. The number of carbonyl (C=O) groups is 1. The molecule has 19 heavy (non-hydrogen) atoms. The van der Waals surface area contributed by atoms with Crippen molar-refractivity contribution in [3.05, 3.63) is 29.8 Å². The Balaban J connectivity index is 2.23.